The summed E-state index contributed by atoms with van der Waals surface area (Å²) in [7, 11) is 0. The van der Waals surface area contributed by atoms with Crippen LogP contribution in [0.15, 0.2) is 103 Å². The first-order valence-electron chi connectivity index (χ1n) is 9.72. The molecule has 1 N–H and O–H groups in total. The molecule has 4 aromatic rings. The first-order chi connectivity index (χ1) is 14.3. The summed E-state index contributed by atoms with van der Waals surface area (Å²) >= 11 is 0. The maximum atomic E-state index is 13.1. The highest BCUT2D eigenvalue weighted by atomic mass is 16.1. The van der Waals surface area contributed by atoms with E-state index in [1.54, 1.807) is 6.20 Å². The van der Waals surface area contributed by atoms with Gasteiger partial charge in [-0.3, -0.25) is 9.48 Å². The number of nitrogens with one attached hydrogen (secondary N) is 1. The van der Waals surface area contributed by atoms with Crippen molar-refractivity contribution in [3.63, 3.8) is 0 Å². The summed E-state index contributed by atoms with van der Waals surface area (Å²) in [5.41, 5.74) is 4.23. The molecule has 0 atom stereocenters. The van der Waals surface area contributed by atoms with E-state index >= 15 is 0 Å². The summed E-state index contributed by atoms with van der Waals surface area (Å²) in [5.74, 6) is -0.320. The van der Waals surface area contributed by atoms with Crippen molar-refractivity contribution in [1.29, 1.82) is 0 Å². The molecular formula is C25H23N3O. The molecule has 0 aliphatic rings. The van der Waals surface area contributed by atoms with Crippen LogP contribution in [-0.4, -0.2) is 15.7 Å². The SMILES string of the molecule is O=C(NCc1ccc(Cn2cccn2)cc1)C(c1ccccc1)c1ccccc1. The van der Waals surface area contributed by atoms with Gasteiger partial charge in [0.25, 0.3) is 0 Å². The van der Waals surface area contributed by atoms with Crippen molar-refractivity contribution in [3.8, 4) is 0 Å². The van der Waals surface area contributed by atoms with Crippen LogP contribution in [0.3, 0.4) is 0 Å². The molecule has 3 aromatic carbocycles. The Labute approximate surface area is 170 Å². The fraction of sp³-hybridized carbons (Fsp3) is 0.120. The number of hydrogen-bond acceptors (Lipinski definition) is 2. The minimum absolute atomic E-state index is 0.00279. The van der Waals surface area contributed by atoms with Crippen LogP contribution < -0.4 is 5.32 Å². The van der Waals surface area contributed by atoms with Gasteiger partial charge in [-0.15, -0.1) is 0 Å². The molecule has 0 bridgehead atoms. The van der Waals surface area contributed by atoms with Gasteiger partial charge in [-0.2, -0.15) is 5.10 Å². The number of benzene rings is 3. The summed E-state index contributed by atoms with van der Waals surface area (Å²) in [4.78, 5) is 13.1. The smallest absolute Gasteiger partial charge is 0.232 e. The highest BCUT2D eigenvalue weighted by Gasteiger charge is 2.22. The van der Waals surface area contributed by atoms with E-state index in [1.165, 1.54) is 5.56 Å². The Morgan fingerprint density at radius 3 is 1.93 bits per heavy atom. The fourth-order valence-corrected chi connectivity index (χ4v) is 3.42. The monoisotopic (exact) mass is 381 g/mol. The molecule has 0 fully saturated rings. The van der Waals surface area contributed by atoms with Crippen LogP contribution in [0.4, 0.5) is 0 Å². The van der Waals surface area contributed by atoms with Gasteiger partial charge in [0.1, 0.15) is 0 Å². The number of hydrogen-bond donors (Lipinski definition) is 1. The van der Waals surface area contributed by atoms with Crippen LogP contribution in [0, 0.1) is 0 Å². The maximum absolute atomic E-state index is 13.1. The van der Waals surface area contributed by atoms with Crippen molar-refractivity contribution in [3.05, 3.63) is 126 Å². The van der Waals surface area contributed by atoms with E-state index in [-0.39, 0.29) is 11.8 Å². The molecule has 0 spiro atoms. The molecular weight excluding hydrogens is 358 g/mol. The summed E-state index contributed by atoms with van der Waals surface area (Å²) in [6.45, 7) is 1.24. The Morgan fingerprint density at radius 2 is 1.38 bits per heavy atom. The van der Waals surface area contributed by atoms with Crippen LogP contribution in [0.5, 0.6) is 0 Å². The second-order valence-corrected chi connectivity index (χ2v) is 6.99. The highest BCUT2D eigenvalue weighted by molar-refractivity contribution is 5.87. The van der Waals surface area contributed by atoms with Crippen LogP contribution in [0.2, 0.25) is 0 Å². The predicted octanol–water partition coefficient (Wildman–Crippen LogP) is 4.38. The normalized spacial score (nSPS) is 10.8. The van der Waals surface area contributed by atoms with E-state index in [0.717, 1.165) is 23.2 Å². The molecule has 0 radical (unpaired) electrons. The standard InChI is InChI=1S/C25H23N3O/c29-25(24(22-8-3-1-4-9-22)23-10-5-2-6-11-23)26-18-20-12-14-21(15-13-20)19-28-17-7-16-27-28/h1-17,24H,18-19H2,(H,26,29). The van der Waals surface area contributed by atoms with E-state index in [9.17, 15) is 4.79 Å². The van der Waals surface area contributed by atoms with Crippen LogP contribution in [0.1, 0.15) is 28.2 Å². The Bertz CT molecular complexity index is 987. The van der Waals surface area contributed by atoms with Crippen LogP contribution >= 0.6 is 0 Å². The lowest BCUT2D eigenvalue weighted by atomic mass is 9.90. The highest BCUT2D eigenvalue weighted by Crippen LogP contribution is 2.24. The van der Waals surface area contributed by atoms with Crippen molar-refractivity contribution in [1.82, 2.24) is 15.1 Å². The fourth-order valence-electron chi connectivity index (χ4n) is 3.42. The lowest BCUT2D eigenvalue weighted by Gasteiger charge is -2.18. The number of carbonyl (C=O) groups is 1. The van der Waals surface area contributed by atoms with Crippen LogP contribution in [-0.2, 0) is 17.9 Å². The van der Waals surface area contributed by atoms with Gasteiger partial charge in [0.15, 0.2) is 0 Å². The van der Waals surface area contributed by atoms with Gasteiger partial charge in [-0.25, -0.2) is 0 Å². The molecule has 4 heteroatoms. The summed E-state index contributed by atoms with van der Waals surface area (Å²) in [5, 5.41) is 7.33. The lowest BCUT2D eigenvalue weighted by molar-refractivity contribution is -0.121. The number of rotatable bonds is 7. The second-order valence-electron chi connectivity index (χ2n) is 6.99. The Balaban J connectivity index is 1.44. The predicted molar refractivity (Wildman–Crippen MR) is 114 cm³/mol. The number of aromatic nitrogens is 2. The average Bonchev–Trinajstić information content (AvgIpc) is 3.28. The number of nitrogens with zero attached hydrogens (tertiary/aromatic N) is 2. The zero-order valence-electron chi connectivity index (χ0n) is 16.1. The third-order valence-electron chi connectivity index (χ3n) is 4.92. The first kappa shape index (κ1) is 18.7. The van der Waals surface area contributed by atoms with Gasteiger partial charge in [0, 0.05) is 18.9 Å². The topological polar surface area (TPSA) is 46.9 Å². The summed E-state index contributed by atoms with van der Waals surface area (Å²) in [6, 6.07) is 30.0. The molecule has 0 aliphatic carbocycles. The van der Waals surface area contributed by atoms with E-state index in [0.29, 0.717) is 6.54 Å². The largest absolute Gasteiger partial charge is 0.351 e. The second kappa shape index (κ2) is 9.02. The minimum Gasteiger partial charge on any atom is -0.351 e. The molecule has 1 heterocycles. The lowest BCUT2D eigenvalue weighted by Crippen LogP contribution is -2.29. The van der Waals surface area contributed by atoms with Gasteiger partial charge < -0.3 is 5.32 Å². The molecule has 144 valence electrons. The van der Waals surface area contributed by atoms with Gasteiger partial charge in [0.05, 0.1) is 12.5 Å². The van der Waals surface area contributed by atoms with Crippen molar-refractivity contribution in [2.75, 3.05) is 0 Å². The van der Waals surface area contributed by atoms with Gasteiger partial charge in [0.2, 0.25) is 5.91 Å². The van der Waals surface area contributed by atoms with E-state index < -0.39 is 0 Å². The van der Waals surface area contributed by atoms with Gasteiger partial charge in [-0.05, 0) is 28.3 Å². The molecule has 1 aromatic heterocycles. The molecule has 4 rings (SSSR count). The van der Waals surface area contributed by atoms with Crippen molar-refractivity contribution in [2.45, 2.75) is 19.0 Å². The zero-order chi connectivity index (χ0) is 19.9. The van der Waals surface area contributed by atoms with Crippen molar-refractivity contribution < 1.29 is 4.79 Å². The summed E-state index contributed by atoms with van der Waals surface area (Å²) in [6.07, 6.45) is 3.72. The van der Waals surface area contributed by atoms with E-state index in [2.05, 4.69) is 34.7 Å². The average molecular weight is 381 g/mol. The molecule has 29 heavy (non-hydrogen) atoms. The summed E-state index contributed by atoms with van der Waals surface area (Å²) < 4.78 is 1.89. The van der Waals surface area contributed by atoms with Gasteiger partial charge >= 0.3 is 0 Å². The van der Waals surface area contributed by atoms with Crippen molar-refractivity contribution >= 4 is 5.91 Å². The van der Waals surface area contributed by atoms with Crippen LogP contribution in [0.25, 0.3) is 0 Å². The molecule has 0 aliphatic heterocycles. The Hall–Kier alpha value is -3.66. The molecule has 0 saturated carbocycles. The molecule has 0 saturated heterocycles. The zero-order valence-corrected chi connectivity index (χ0v) is 16.1. The minimum atomic E-state index is -0.323. The number of carbonyl (C=O) groups excluding carboxylic acids is 1. The first-order valence-corrected chi connectivity index (χ1v) is 9.72. The van der Waals surface area contributed by atoms with E-state index in [1.807, 2.05) is 77.6 Å². The quantitative estimate of drug-likeness (QED) is 0.516. The van der Waals surface area contributed by atoms with Gasteiger partial charge in [-0.1, -0.05) is 84.9 Å². The Morgan fingerprint density at radius 1 is 0.793 bits per heavy atom. The number of amides is 1. The Kier molecular flexibility index (Phi) is 5.81. The molecule has 4 nitrogen and oxygen atoms in total. The maximum Gasteiger partial charge on any atom is 0.232 e. The molecule has 0 unspecified atom stereocenters. The third-order valence-corrected chi connectivity index (χ3v) is 4.92. The van der Waals surface area contributed by atoms with E-state index in [4.69, 9.17) is 0 Å². The third kappa shape index (κ3) is 4.79. The van der Waals surface area contributed by atoms with Crippen molar-refractivity contribution in [2.24, 2.45) is 0 Å². The molecule has 1 amide bonds.